The van der Waals surface area contributed by atoms with Crippen molar-refractivity contribution < 1.29 is 5.11 Å². The fraction of sp³-hybridized carbons (Fsp3) is 0.545. The third-order valence-corrected chi connectivity index (χ3v) is 3.53. The van der Waals surface area contributed by atoms with Crippen LogP contribution in [0.3, 0.4) is 0 Å². The average molecular weight is 271 g/mol. The first-order valence-corrected chi connectivity index (χ1v) is 6.07. The molecule has 0 bridgehead atoms. The molecule has 0 atom stereocenters. The van der Waals surface area contributed by atoms with Crippen molar-refractivity contribution in [2.45, 2.75) is 12.8 Å². The Morgan fingerprint density at radius 3 is 2.80 bits per heavy atom. The molecule has 0 amide bonds. The van der Waals surface area contributed by atoms with Crippen molar-refractivity contribution in [3.63, 3.8) is 0 Å². The van der Waals surface area contributed by atoms with Crippen LogP contribution in [-0.4, -0.2) is 29.8 Å². The molecule has 2 rings (SSSR count). The summed E-state index contributed by atoms with van der Waals surface area (Å²) in [5.41, 5.74) is 0. The van der Waals surface area contributed by atoms with E-state index < -0.39 is 0 Å². The van der Waals surface area contributed by atoms with Crippen LogP contribution in [0.4, 0.5) is 5.82 Å². The molecule has 0 aromatic carbocycles. The van der Waals surface area contributed by atoms with Crippen molar-refractivity contribution in [1.82, 2.24) is 4.98 Å². The molecule has 0 saturated carbocycles. The van der Waals surface area contributed by atoms with E-state index in [-0.39, 0.29) is 0 Å². The van der Waals surface area contributed by atoms with E-state index in [1.165, 1.54) is 0 Å². The number of aliphatic hydroxyl groups excluding tert-OH is 1. The molecular weight excluding hydrogens is 256 g/mol. The topological polar surface area (TPSA) is 36.4 Å². The predicted molar refractivity (Wildman–Crippen MR) is 64.0 cm³/mol. The first-order valence-electron chi connectivity index (χ1n) is 5.27. The van der Waals surface area contributed by atoms with E-state index in [9.17, 15) is 0 Å². The van der Waals surface area contributed by atoms with Gasteiger partial charge in [-0.15, -0.1) is 0 Å². The minimum absolute atomic E-state index is 0.317. The molecule has 82 valence electrons. The summed E-state index contributed by atoms with van der Waals surface area (Å²) in [6, 6.07) is 3.94. The number of pyridine rings is 1. The van der Waals surface area contributed by atoms with Crippen LogP contribution in [0.5, 0.6) is 0 Å². The standard InChI is InChI=1S/C11H15BrN2O/c12-10-2-1-5-13-11(10)14-6-3-9(8-15)4-7-14/h1-2,5,9,15H,3-4,6-8H2. The van der Waals surface area contributed by atoms with E-state index in [2.05, 4.69) is 25.8 Å². The van der Waals surface area contributed by atoms with Gasteiger partial charge in [0.1, 0.15) is 5.82 Å². The monoisotopic (exact) mass is 270 g/mol. The van der Waals surface area contributed by atoms with Gasteiger partial charge >= 0.3 is 0 Å². The second-order valence-electron chi connectivity index (χ2n) is 3.92. The van der Waals surface area contributed by atoms with Crippen LogP contribution >= 0.6 is 15.9 Å². The Morgan fingerprint density at radius 2 is 2.20 bits per heavy atom. The van der Waals surface area contributed by atoms with Gasteiger partial charge in [0, 0.05) is 25.9 Å². The lowest BCUT2D eigenvalue weighted by Gasteiger charge is -2.32. The Morgan fingerprint density at radius 1 is 1.47 bits per heavy atom. The van der Waals surface area contributed by atoms with E-state index in [1.54, 1.807) is 0 Å². The zero-order valence-electron chi connectivity index (χ0n) is 8.56. The number of nitrogens with zero attached hydrogens (tertiary/aromatic N) is 2. The third kappa shape index (κ3) is 2.49. The molecular formula is C11H15BrN2O. The summed E-state index contributed by atoms with van der Waals surface area (Å²) >= 11 is 3.51. The molecule has 1 aromatic rings. The molecule has 1 aliphatic heterocycles. The van der Waals surface area contributed by atoms with Crippen LogP contribution in [0.25, 0.3) is 0 Å². The summed E-state index contributed by atoms with van der Waals surface area (Å²) < 4.78 is 1.05. The minimum Gasteiger partial charge on any atom is -0.396 e. The second kappa shape index (κ2) is 4.94. The molecule has 15 heavy (non-hydrogen) atoms. The van der Waals surface area contributed by atoms with E-state index in [1.807, 2.05) is 18.3 Å². The number of piperidine rings is 1. The van der Waals surface area contributed by atoms with Crippen LogP contribution < -0.4 is 4.90 Å². The van der Waals surface area contributed by atoms with Gasteiger partial charge in [-0.05, 0) is 46.8 Å². The Kier molecular flexibility index (Phi) is 3.59. The number of halogens is 1. The van der Waals surface area contributed by atoms with Crippen LogP contribution in [-0.2, 0) is 0 Å². The van der Waals surface area contributed by atoms with Crippen LogP contribution in [0, 0.1) is 5.92 Å². The molecule has 4 heteroatoms. The van der Waals surface area contributed by atoms with Crippen LogP contribution in [0.1, 0.15) is 12.8 Å². The lowest BCUT2D eigenvalue weighted by atomic mass is 9.98. The lowest BCUT2D eigenvalue weighted by Crippen LogP contribution is -2.35. The maximum Gasteiger partial charge on any atom is 0.142 e. The molecule has 0 spiro atoms. The fourth-order valence-corrected chi connectivity index (χ4v) is 2.44. The highest BCUT2D eigenvalue weighted by Crippen LogP contribution is 2.27. The van der Waals surface area contributed by atoms with Crippen molar-refractivity contribution in [1.29, 1.82) is 0 Å². The largest absolute Gasteiger partial charge is 0.396 e. The molecule has 1 aliphatic rings. The van der Waals surface area contributed by atoms with Crippen molar-refractivity contribution in [2.24, 2.45) is 5.92 Å². The summed E-state index contributed by atoms with van der Waals surface area (Å²) in [4.78, 5) is 6.64. The molecule has 1 fully saturated rings. The average Bonchev–Trinajstić information content (AvgIpc) is 2.30. The predicted octanol–water partition coefficient (Wildman–Crippen LogP) is 2.05. The van der Waals surface area contributed by atoms with Crippen LogP contribution in [0.15, 0.2) is 22.8 Å². The smallest absolute Gasteiger partial charge is 0.142 e. The SMILES string of the molecule is OCC1CCN(c2ncccc2Br)CC1. The van der Waals surface area contributed by atoms with E-state index >= 15 is 0 Å². The quantitative estimate of drug-likeness (QED) is 0.894. The number of hydrogen-bond acceptors (Lipinski definition) is 3. The first kappa shape index (κ1) is 10.9. The van der Waals surface area contributed by atoms with Crippen LogP contribution in [0.2, 0.25) is 0 Å². The van der Waals surface area contributed by atoms with Gasteiger partial charge in [0.05, 0.1) is 4.47 Å². The summed E-state index contributed by atoms with van der Waals surface area (Å²) in [5.74, 6) is 1.50. The minimum atomic E-state index is 0.317. The van der Waals surface area contributed by atoms with Gasteiger partial charge in [-0.25, -0.2) is 4.98 Å². The van der Waals surface area contributed by atoms with Crippen molar-refractivity contribution in [2.75, 3.05) is 24.6 Å². The Balaban J connectivity index is 2.04. The van der Waals surface area contributed by atoms with E-state index in [4.69, 9.17) is 5.11 Å². The lowest BCUT2D eigenvalue weighted by molar-refractivity contribution is 0.202. The molecule has 0 aliphatic carbocycles. The number of aliphatic hydroxyl groups is 1. The first-order chi connectivity index (χ1) is 7.31. The van der Waals surface area contributed by atoms with Gasteiger partial charge in [0.15, 0.2) is 0 Å². The van der Waals surface area contributed by atoms with Gasteiger partial charge in [-0.2, -0.15) is 0 Å². The number of rotatable bonds is 2. The van der Waals surface area contributed by atoms with Crippen molar-refractivity contribution in [3.05, 3.63) is 22.8 Å². The summed E-state index contributed by atoms with van der Waals surface area (Å²) in [6.45, 7) is 2.29. The van der Waals surface area contributed by atoms with Gasteiger partial charge in [-0.3, -0.25) is 0 Å². The molecule has 3 nitrogen and oxygen atoms in total. The second-order valence-corrected chi connectivity index (χ2v) is 4.78. The zero-order valence-corrected chi connectivity index (χ0v) is 10.2. The summed E-state index contributed by atoms with van der Waals surface area (Å²) in [5, 5.41) is 9.06. The maximum atomic E-state index is 9.06. The normalized spacial score (nSPS) is 18.1. The summed E-state index contributed by atoms with van der Waals surface area (Å²) in [6.07, 6.45) is 3.93. The zero-order chi connectivity index (χ0) is 10.7. The third-order valence-electron chi connectivity index (χ3n) is 2.91. The van der Waals surface area contributed by atoms with Crippen molar-refractivity contribution in [3.8, 4) is 0 Å². The number of hydrogen-bond donors (Lipinski definition) is 1. The van der Waals surface area contributed by atoms with Crippen molar-refractivity contribution >= 4 is 21.7 Å². The highest BCUT2D eigenvalue weighted by atomic mass is 79.9. The van der Waals surface area contributed by atoms with Gasteiger partial charge < -0.3 is 10.0 Å². The molecule has 2 heterocycles. The Labute approximate surface area is 98.3 Å². The van der Waals surface area contributed by atoms with Gasteiger partial charge in [0.25, 0.3) is 0 Å². The Hall–Kier alpha value is -0.610. The molecule has 1 aromatic heterocycles. The molecule has 0 unspecified atom stereocenters. The molecule has 0 radical (unpaired) electrons. The highest BCUT2D eigenvalue weighted by molar-refractivity contribution is 9.10. The highest BCUT2D eigenvalue weighted by Gasteiger charge is 2.20. The maximum absolute atomic E-state index is 9.06. The molecule has 1 saturated heterocycles. The molecule has 1 N–H and O–H groups in total. The fourth-order valence-electron chi connectivity index (χ4n) is 1.94. The van der Waals surface area contributed by atoms with E-state index in [0.717, 1.165) is 36.2 Å². The number of aromatic nitrogens is 1. The van der Waals surface area contributed by atoms with E-state index in [0.29, 0.717) is 12.5 Å². The number of anilines is 1. The summed E-state index contributed by atoms with van der Waals surface area (Å²) in [7, 11) is 0. The van der Waals surface area contributed by atoms with Gasteiger partial charge in [0.2, 0.25) is 0 Å². The van der Waals surface area contributed by atoms with Gasteiger partial charge in [-0.1, -0.05) is 0 Å². The Bertz CT molecular complexity index is 324.